The van der Waals surface area contributed by atoms with E-state index in [2.05, 4.69) is 10.6 Å². The van der Waals surface area contributed by atoms with Crippen molar-refractivity contribution in [2.45, 2.75) is 44.8 Å². The summed E-state index contributed by atoms with van der Waals surface area (Å²) in [5.41, 5.74) is 1.97. The Morgan fingerprint density at radius 3 is 2.38 bits per heavy atom. The molecule has 3 rings (SSSR count). The summed E-state index contributed by atoms with van der Waals surface area (Å²) in [6.07, 6.45) is 5.93. The molecule has 5 heteroatoms. The molecule has 4 nitrogen and oxygen atoms in total. The average Bonchev–Trinajstić information content (AvgIpc) is 2.67. The zero-order chi connectivity index (χ0) is 18.2. The van der Waals surface area contributed by atoms with E-state index in [0.29, 0.717) is 19.2 Å². The third-order valence-electron chi connectivity index (χ3n) is 4.60. The second-order valence-electron chi connectivity index (χ2n) is 6.70. The molecule has 2 N–H and O–H groups in total. The number of benzene rings is 2. The summed E-state index contributed by atoms with van der Waals surface area (Å²) in [4.78, 5) is 12.0. The first kappa shape index (κ1) is 18.6. The van der Waals surface area contributed by atoms with E-state index >= 15 is 0 Å². The summed E-state index contributed by atoms with van der Waals surface area (Å²) in [5, 5.41) is 6.99. The Hall–Kier alpha value is -2.20. The number of halogens is 1. The molecule has 0 saturated heterocycles. The van der Waals surface area contributed by atoms with Gasteiger partial charge in [0.2, 0.25) is 5.91 Å². The highest BCUT2D eigenvalue weighted by Gasteiger charge is 2.15. The van der Waals surface area contributed by atoms with Gasteiger partial charge in [-0.3, -0.25) is 4.79 Å². The van der Waals surface area contributed by atoms with Gasteiger partial charge in [-0.15, -0.1) is 0 Å². The molecule has 0 radical (unpaired) electrons. The van der Waals surface area contributed by atoms with Crippen molar-refractivity contribution in [1.29, 1.82) is 0 Å². The zero-order valence-corrected chi connectivity index (χ0v) is 15.6. The Kier molecular flexibility index (Phi) is 6.78. The lowest BCUT2D eigenvalue weighted by Crippen LogP contribution is -2.39. The fourth-order valence-electron chi connectivity index (χ4n) is 3.12. The molecule has 0 unspecified atom stereocenters. The summed E-state index contributed by atoms with van der Waals surface area (Å²) < 4.78 is 5.76. The van der Waals surface area contributed by atoms with Crippen LogP contribution in [0.2, 0.25) is 5.02 Å². The van der Waals surface area contributed by atoms with E-state index in [4.69, 9.17) is 16.3 Å². The number of anilines is 1. The Bertz CT molecular complexity index is 695. The maximum absolute atomic E-state index is 12.0. The van der Waals surface area contributed by atoms with Gasteiger partial charge >= 0.3 is 0 Å². The lowest BCUT2D eigenvalue weighted by atomic mass is 9.95. The third-order valence-corrected chi connectivity index (χ3v) is 4.85. The standard InChI is InChI=1S/C21H25ClN2O2/c22-17-8-6-16(7-9-17)15-26-20-12-10-18(11-13-20)23-14-21(25)24-19-4-2-1-3-5-19/h6-13,19,23H,1-5,14-15H2,(H,24,25). The van der Waals surface area contributed by atoms with Crippen molar-refractivity contribution < 1.29 is 9.53 Å². The number of nitrogens with one attached hydrogen (secondary N) is 2. The van der Waals surface area contributed by atoms with Crippen LogP contribution >= 0.6 is 11.6 Å². The first-order chi connectivity index (χ1) is 12.7. The zero-order valence-electron chi connectivity index (χ0n) is 14.8. The van der Waals surface area contributed by atoms with Crippen molar-refractivity contribution in [3.8, 4) is 5.75 Å². The van der Waals surface area contributed by atoms with Crippen molar-refractivity contribution >= 4 is 23.2 Å². The van der Waals surface area contributed by atoms with Crippen LogP contribution in [0, 0.1) is 0 Å². The first-order valence-electron chi connectivity index (χ1n) is 9.19. The molecule has 0 atom stereocenters. The molecule has 0 aliphatic heterocycles. The van der Waals surface area contributed by atoms with Crippen molar-refractivity contribution in [2.75, 3.05) is 11.9 Å². The molecule has 1 fully saturated rings. The van der Waals surface area contributed by atoms with Gasteiger partial charge < -0.3 is 15.4 Å². The van der Waals surface area contributed by atoms with Gasteiger partial charge in [0.1, 0.15) is 12.4 Å². The molecule has 138 valence electrons. The number of hydrogen-bond donors (Lipinski definition) is 2. The van der Waals surface area contributed by atoms with Gasteiger partial charge in [-0.2, -0.15) is 0 Å². The van der Waals surface area contributed by atoms with Crippen LogP contribution in [-0.2, 0) is 11.4 Å². The minimum absolute atomic E-state index is 0.0555. The van der Waals surface area contributed by atoms with E-state index in [1.807, 2.05) is 48.5 Å². The Balaban J connectivity index is 1.40. The van der Waals surface area contributed by atoms with Crippen LogP contribution in [0.3, 0.4) is 0 Å². The van der Waals surface area contributed by atoms with Crippen LogP contribution in [0.1, 0.15) is 37.7 Å². The lowest BCUT2D eigenvalue weighted by Gasteiger charge is -2.22. The normalized spacial score (nSPS) is 14.7. The summed E-state index contributed by atoms with van der Waals surface area (Å²) in [7, 11) is 0. The van der Waals surface area contributed by atoms with Gasteiger partial charge in [0.25, 0.3) is 0 Å². The fraction of sp³-hybridized carbons (Fsp3) is 0.381. The van der Waals surface area contributed by atoms with E-state index in [1.165, 1.54) is 19.3 Å². The molecule has 0 bridgehead atoms. The van der Waals surface area contributed by atoms with Crippen molar-refractivity contribution in [3.63, 3.8) is 0 Å². The van der Waals surface area contributed by atoms with E-state index in [1.54, 1.807) is 0 Å². The Morgan fingerprint density at radius 1 is 1.00 bits per heavy atom. The number of amides is 1. The predicted molar refractivity (Wildman–Crippen MR) is 106 cm³/mol. The van der Waals surface area contributed by atoms with E-state index in [0.717, 1.165) is 34.9 Å². The first-order valence-corrected chi connectivity index (χ1v) is 9.57. The maximum Gasteiger partial charge on any atom is 0.239 e. The highest BCUT2D eigenvalue weighted by atomic mass is 35.5. The van der Waals surface area contributed by atoms with Crippen molar-refractivity contribution in [1.82, 2.24) is 5.32 Å². The molecule has 2 aromatic carbocycles. The molecule has 0 heterocycles. The smallest absolute Gasteiger partial charge is 0.239 e. The number of carbonyl (C=O) groups is 1. The number of hydrogen-bond acceptors (Lipinski definition) is 3. The summed E-state index contributed by atoms with van der Waals surface area (Å²) in [5.74, 6) is 0.845. The minimum Gasteiger partial charge on any atom is -0.489 e. The Morgan fingerprint density at radius 2 is 1.69 bits per heavy atom. The molecular weight excluding hydrogens is 348 g/mol. The number of carbonyl (C=O) groups excluding carboxylic acids is 1. The van der Waals surface area contributed by atoms with E-state index in [9.17, 15) is 4.79 Å². The van der Waals surface area contributed by atoms with Crippen LogP contribution in [-0.4, -0.2) is 18.5 Å². The molecule has 1 saturated carbocycles. The SMILES string of the molecule is O=C(CNc1ccc(OCc2ccc(Cl)cc2)cc1)NC1CCCCC1. The molecule has 0 spiro atoms. The van der Waals surface area contributed by atoms with Gasteiger partial charge in [0, 0.05) is 16.8 Å². The molecule has 1 aliphatic carbocycles. The summed E-state index contributed by atoms with van der Waals surface area (Å²) in [6, 6.07) is 15.6. The van der Waals surface area contributed by atoms with E-state index in [-0.39, 0.29) is 5.91 Å². The molecular formula is C21H25ClN2O2. The second-order valence-corrected chi connectivity index (χ2v) is 7.13. The molecule has 1 amide bonds. The quantitative estimate of drug-likeness (QED) is 0.735. The lowest BCUT2D eigenvalue weighted by molar-refractivity contribution is -0.120. The van der Waals surface area contributed by atoms with E-state index < -0.39 is 0 Å². The molecule has 26 heavy (non-hydrogen) atoms. The third kappa shape index (κ3) is 5.95. The number of ether oxygens (including phenoxy) is 1. The van der Waals surface area contributed by atoms with Crippen LogP contribution in [0.5, 0.6) is 5.75 Å². The second kappa shape index (κ2) is 9.48. The van der Waals surface area contributed by atoms with Crippen LogP contribution in [0.4, 0.5) is 5.69 Å². The number of rotatable bonds is 7. The highest BCUT2D eigenvalue weighted by Crippen LogP contribution is 2.19. The van der Waals surface area contributed by atoms with Crippen LogP contribution < -0.4 is 15.4 Å². The summed E-state index contributed by atoms with van der Waals surface area (Å²) in [6.45, 7) is 0.787. The van der Waals surface area contributed by atoms with Gasteiger partial charge in [-0.25, -0.2) is 0 Å². The Labute approximate surface area is 159 Å². The molecule has 1 aliphatic rings. The monoisotopic (exact) mass is 372 g/mol. The van der Waals surface area contributed by atoms with Crippen LogP contribution in [0.15, 0.2) is 48.5 Å². The summed E-state index contributed by atoms with van der Waals surface area (Å²) >= 11 is 5.88. The fourth-order valence-corrected chi connectivity index (χ4v) is 3.25. The average molecular weight is 373 g/mol. The molecule has 0 aromatic heterocycles. The maximum atomic E-state index is 12.0. The van der Waals surface area contributed by atoms with Crippen molar-refractivity contribution in [2.24, 2.45) is 0 Å². The predicted octanol–water partition coefficient (Wildman–Crippen LogP) is 4.78. The molecule has 2 aromatic rings. The topological polar surface area (TPSA) is 50.4 Å². The van der Waals surface area contributed by atoms with Gasteiger partial charge in [-0.1, -0.05) is 43.0 Å². The van der Waals surface area contributed by atoms with Gasteiger partial charge in [0.15, 0.2) is 0 Å². The highest BCUT2D eigenvalue weighted by molar-refractivity contribution is 6.30. The van der Waals surface area contributed by atoms with Gasteiger partial charge in [0.05, 0.1) is 6.54 Å². The van der Waals surface area contributed by atoms with Gasteiger partial charge in [-0.05, 0) is 54.8 Å². The van der Waals surface area contributed by atoms with Crippen LogP contribution in [0.25, 0.3) is 0 Å². The van der Waals surface area contributed by atoms with Crippen molar-refractivity contribution in [3.05, 3.63) is 59.1 Å². The minimum atomic E-state index is 0.0555. The largest absolute Gasteiger partial charge is 0.489 e.